The SMILES string of the molecule is C=C(CCC12OC(C(=O)O)C(O)(C(=O)O)C(C(=O)O)(O1)C(OC(=O)C=CC(C)CC(C)CC)C2O)C(OC(C)=O)C(C)Cc1ccco1. The van der Waals surface area contributed by atoms with E-state index in [-0.39, 0.29) is 17.9 Å². The van der Waals surface area contributed by atoms with Crippen molar-refractivity contribution in [2.45, 2.75) is 108 Å². The van der Waals surface area contributed by atoms with Crippen molar-refractivity contribution in [1.29, 1.82) is 0 Å². The lowest BCUT2D eigenvalue weighted by molar-refractivity contribution is -0.374. The van der Waals surface area contributed by atoms with Gasteiger partial charge in [-0.15, -0.1) is 0 Å². The Morgan fingerprint density at radius 2 is 1.77 bits per heavy atom. The lowest BCUT2D eigenvalue weighted by atomic mass is 9.74. The maximum Gasteiger partial charge on any atom is 0.344 e. The van der Waals surface area contributed by atoms with E-state index in [1.807, 2.05) is 20.8 Å². The number of carbonyl (C=O) groups excluding carboxylic acids is 2. The molecule has 0 saturated carbocycles. The minimum atomic E-state index is -3.90. The molecule has 1 aromatic rings. The van der Waals surface area contributed by atoms with Gasteiger partial charge in [0.15, 0.2) is 6.10 Å². The van der Waals surface area contributed by atoms with E-state index in [1.54, 1.807) is 19.1 Å². The Morgan fingerprint density at radius 1 is 1.10 bits per heavy atom. The van der Waals surface area contributed by atoms with Gasteiger partial charge in [-0.3, -0.25) is 4.79 Å². The van der Waals surface area contributed by atoms with E-state index in [0.717, 1.165) is 12.5 Å². The van der Waals surface area contributed by atoms with Crippen LogP contribution in [-0.2, 0) is 49.3 Å². The summed E-state index contributed by atoms with van der Waals surface area (Å²) in [7, 11) is 0. The highest BCUT2D eigenvalue weighted by Crippen LogP contribution is 2.56. The Morgan fingerprint density at radius 3 is 2.29 bits per heavy atom. The van der Waals surface area contributed by atoms with E-state index in [4.69, 9.17) is 23.4 Å². The maximum atomic E-state index is 13.0. The third-order valence-electron chi connectivity index (χ3n) is 8.99. The van der Waals surface area contributed by atoms with Crippen molar-refractivity contribution >= 4 is 29.8 Å². The molecule has 0 spiro atoms. The predicted octanol–water partition coefficient (Wildman–Crippen LogP) is 2.48. The van der Waals surface area contributed by atoms with E-state index in [9.17, 15) is 49.5 Å². The smallest absolute Gasteiger partial charge is 0.344 e. The Hall–Kier alpha value is -4.05. The molecule has 0 radical (unpaired) electrons. The molecule has 0 aliphatic carbocycles. The third kappa shape index (κ3) is 7.33. The lowest BCUT2D eigenvalue weighted by Crippen LogP contribution is -2.78. The third-order valence-corrected chi connectivity index (χ3v) is 8.99. The molecule has 1 aromatic heterocycles. The van der Waals surface area contributed by atoms with Crippen LogP contribution >= 0.6 is 0 Å². The van der Waals surface area contributed by atoms with Crippen LogP contribution in [-0.4, -0.2) is 96.8 Å². The van der Waals surface area contributed by atoms with E-state index in [2.05, 4.69) is 6.58 Å². The second kappa shape index (κ2) is 15.0. The molecule has 2 aliphatic heterocycles. The fourth-order valence-corrected chi connectivity index (χ4v) is 6.34. The molecule has 2 aliphatic rings. The number of esters is 2. The van der Waals surface area contributed by atoms with Crippen molar-refractivity contribution in [2.75, 3.05) is 0 Å². The first-order valence-corrected chi connectivity index (χ1v) is 15.6. The van der Waals surface area contributed by atoms with E-state index < -0.39 is 83.6 Å². The summed E-state index contributed by atoms with van der Waals surface area (Å²) in [6.07, 6.45) is -3.65. The number of hydrogen-bond donors (Lipinski definition) is 5. The molecule has 0 aromatic carbocycles. The number of ether oxygens (including phenoxy) is 4. The number of allylic oxidation sites excluding steroid dienone is 1. The summed E-state index contributed by atoms with van der Waals surface area (Å²) in [5.74, 6) is -10.9. The van der Waals surface area contributed by atoms with Gasteiger partial charge in [0, 0.05) is 31.8 Å². The molecule has 48 heavy (non-hydrogen) atoms. The summed E-state index contributed by atoms with van der Waals surface area (Å²) in [5.41, 5.74) is -7.25. The van der Waals surface area contributed by atoms with E-state index in [1.165, 1.54) is 19.3 Å². The highest BCUT2D eigenvalue weighted by atomic mass is 16.8. The van der Waals surface area contributed by atoms with E-state index in [0.29, 0.717) is 24.5 Å². The second-order valence-corrected chi connectivity index (χ2v) is 12.7. The average molecular weight is 681 g/mol. The zero-order valence-corrected chi connectivity index (χ0v) is 27.5. The van der Waals surface area contributed by atoms with Gasteiger partial charge in [0.05, 0.1) is 6.26 Å². The van der Waals surface area contributed by atoms with Crippen LogP contribution in [0.5, 0.6) is 0 Å². The van der Waals surface area contributed by atoms with Crippen LogP contribution in [0.3, 0.4) is 0 Å². The minimum absolute atomic E-state index is 0.127. The topological polar surface area (TPSA) is 237 Å². The first-order valence-electron chi connectivity index (χ1n) is 15.6. The highest BCUT2D eigenvalue weighted by Gasteiger charge is 2.85. The Bertz CT molecular complexity index is 1400. The molecule has 3 rings (SSSR count). The number of hydrogen-bond acceptors (Lipinski definition) is 12. The van der Waals surface area contributed by atoms with Gasteiger partial charge < -0.3 is 48.9 Å². The monoisotopic (exact) mass is 680 g/mol. The normalized spacial score (nSPS) is 30.6. The molecule has 0 amide bonds. The summed E-state index contributed by atoms with van der Waals surface area (Å²) in [5, 5.41) is 53.4. The van der Waals surface area contributed by atoms with Crippen molar-refractivity contribution in [2.24, 2.45) is 17.8 Å². The van der Waals surface area contributed by atoms with Crippen LogP contribution in [0.25, 0.3) is 0 Å². The molecule has 15 nitrogen and oxygen atoms in total. The van der Waals surface area contributed by atoms with Gasteiger partial charge in [-0.1, -0.05) is 46.8 Å². The Balaban J connectivity index is 2.02. The number of carbonyl (C=O) groups is 5. The second-order valence-electron chi connectivity index (χ2n) is 12.7. The van der Waals surface area contributed by atoms with Crippen molar-refractivity contribution in [3.8, 4) is 0 Å². The first-order chi connectivity index (χ1) is 22.4. The van der Waals surface area contributed by atoms with Crippen LogP contribution in [0, 0.1) is 17.8 Å². The summed E-state index contributed by atoms with van der Waals surface area (Å²) < 4.78 is 27.3. The summed E-state index contributed by atoms with van der Waals surface area (Å²) in [6, 6.07) is 3.39. The lowest BCUT2D eigenvalue weighted by Gasteiger charge is -2.48. The quantitative estimate of drug-likeness (QED) is 0.0903. The molecule has 2 bridgehead atoms. The number of aliphatic carboxylic acids is 3. The standard InChI is InChI=1S/C33H44O15/c1-7-17(2)15-18(3)10-11-23(35)46-26-25(36)31(47-27(28(37)38)32(43,29(39)40)33(26,48-31)30(41)42)13-12-19(4)24(45-21(6)34)20(5)16-22-9-8-14-44-22/h8-11,14,17-18,20,24-27,36,43H,4,7,12-13,15-16H2,1-3,5-6H3,(H,37,38)(H,39,40)(H,41,42). The average Bonchev–Trinajstić information content (AvgIpc) is 3.59. The molecular formula is C33H44O15. The van der Waals surface area contributed by atoms with Crippen molar-refractivity contribution in [3.63, 3.8) is 0 Å². The maximum absolute atomic E-state index is 13.0. The van der Waals surface area contributed by atoms with Gasteiger partial charge in [0.1, 0.15) is 18.0 Å². The predicted molar refractivity (Wildman–Crippen MR) is 163 cm³/mol. The molecule has 266 valence electrons. The molecule has 3 heterocycles. The fourth-order valence-electron chi connectivity index (χ4n) is 6.34. The van der Waals surface area contributed by atoms with Gasteiger partial charge in [-0.05, 0) is 42.4 Å². The van der Waals surface area contributed by atoms with Crippen LogP contribution in [0.4, 0.5) is 0 Å². The van der Waals surface area contributed by atoms with Crippen molar-refractivity contribution in [1.82, 2.24) is 0 Å². The molecule has 15 heteroatoms. The number of fused-ring (bicyclic) bond motifs is 2. The van der Waals surface area contributed by atoms with Gasteiger partial charge in [0.25, 0.3) is 0 Å². The zero-order chi connectivity index (χ0) is 36.2. The number of rotatable bonds is 17. The van der Waals surface area contributed by atoms with Gasteiger partial charge in [0.2, 0.25) is 23.1 Å². The Labute approximate surface area is 277 Å². The molecule has 2 saturated heterocycles. The minimum Gasteiger partial charge on any atom is -0.479 e. The van der Waals surface area contributed by atoms with Gasteiger partial charge in [-0.25, -0.2) is 19.2 Å². The Kier molecular flexibility index (Phi) is 12.0. The van der Waals surface area contributed by atoms with Crippen molar-refractivity contribution in [3.05, 3.63) is 48.5 Å². The van der Waals surface area contributed by atoms with Crippen LogP contribution in [0.2, 0.25) is 0 Å². The first kappa shape index (κ1) is 38.4. The van der Waals surface area contributed by atoms with Gasteiger partial charge >= 0.3 is 29.8 Å². The summed E-state index contributed by atoms with van der Waals surface area (Å²) in [6.45, 7) is 12.7. The largest absolute Gasteiger partial charge is 0.479 e. The van der Waals surface area contributed by atoms with Crippen LogP contribution < -0.4 is 0 Å². The van der Waals surface area contributed by atoms with Crippen LogP contribution in [0.15, 0.2) is 47.1 Å². The van der Waals surface area contributed by atoms with Gasteiger partial charge in [-0.2, -0.15) is 0 Å². The summed E-state index contributed by atoms with van der Waals surface area (Å²) in [4.78, 5) is 62.8. The van der Waals surface area contributed by atoms with Crippen LogP contribution in [0.1, 0.15) is 66.1 Å². The molecular weight excluding hydrogens is 636 g/mol. The molecule has 5 N–H and O–H groups in total. The number of carboxylic acid groups (broad SMARTS) is 3. The van der Waals surface area contributed by atoms with E-state index >= 15 is 0 Å². The molecule has 10 unspecified atom stereocenters. The van der Waals surface area contributed by atoms with Crippen molar-refractivity contribution < 1.29 is 72.9 Å². The molecule has 2 fully saturated rings. The number of aliphatic hydroxyl groups is 2. The molecule has 10 atom stereocenters. The number of carboxylic acids is 3. The number of furan rings is 1. The number of aliphatic hydroxyl groups excluding tert-OH is 1. The summed E-state index contributed by atoms with van der Waals surface area (Å²) >= 11 is 0. The fraction of sp³-hybridized carbons (Fsp3) is 0.606. The zero-order valence-electron chi connectivity index (χ0n) is 27.5. The highest BCUT2D eigenvalue weighted by molar-refractivity contribution is 5.98.